The van der Waals surface area contributed by atoms with Gasteiger partial charge in [-0.3, -0.25) is 0 Å². The number of likely N-dealkylation sites (tertiary alicyclic amines) is 1. The van der Waals surface area contributed by atoms with Gasteiger partial charge in [-0.2, -0.15) is 0 Å². The molecular formula is C20H29NO. The Balaban J connectivity index is 1.54. The van der Waals surface area contributed by atoms with Crippen LogP contribution in [0.1, 0.15) is 50.0 Å². The van der Waals surface area contributed by atoms with E-state index in [-0.39, 0.29) is 0 Å². The monoisotopic (exact) mass is 299 g/mol. The van der Waals surface area contributed by atoms with Gasteiger partial charge in [0, 0.05) is 32.2 Å². The third-order valence-corrected chi connectivity index (χ3v) is 6.31. The number of nitrogens with zero attached hydrogens (tertiary/aromatic N) is 1. The highest BCUT2D eigenvalue weighted by molar-refractivity contribution is 5.25. The minimum atomic E-state index is 0.555. The Labute approximate surface area is 134 Å². The zero-order valence-electron chi connectivity index (χ0n) is 13.7. The highest BCUT2D eigenvalue weighted by atomic mass is 16.5. The van der Waals surface area contributed by atoms with Gasteiger partial charge in [-0.1, -0.05) is 49.6 Å². The summed E-state index contributed by atoms with van der Waals surface area (Å²) < 4.78 is 5.59. The molecule has 1 saturated carbocycles. The molecule has 2 aliphatic heterocycles. The van der Waals surface area contributed by atoms with Crippen LogP contribution in [0.15, 0.2) is 30.3 Å². The van der Waals surface area contributed by atoms with Gasteiger partial charge in [-0.15, -0.1) is 0 Å². The van der Waals surface area contributed by atoms with E-state index in [4.69, 9.17) is 4.74 Å². The molecule has 2 atom stereocenters. The molecule has 2 heterocycles. The van der Waals surface area contributed by atoms with Crippen LogP contribution in [0.25, 0.3) is 0 Å². The molecule has 1 aliphatic carbocycles. The molecule has 1 aromatic carbocycles. The van der Waals surface area contributed by atoms with Gasteiger partial charge in [0.1, 0.15) is 0 Å². The molecular weight excluding hydrogens is 270 g/mol. The molecule has 1 spiro atoms. The smallest absolute Gasteiger partial charge is 0.0507 e. The molecule has 2 saturated heterocycles. The SMILES string of the molecule is c1ccc([C@@H]2CN(C[C@H]3CCOC3)CC23CCCCC3)cc1. The molecule has 2 nitrogen and oxygen atoms in total. The van der Waals surface area contributed by atoms with Crippen molar-refractivity contribution in [2.45, 2.75) is 44.4 Å². The van der Waals surface area contributed by atoms with Crippen molar-refractivity contribution < 1.29 is 4.74 Å². The van der Waals surface area contributed by atoms with Gasteiger partial charge in [0.15, 0.2) is 0 Å². The predicted octanol–water partition coefficient (Wildman–Crippen LogP) is 4.07. The van der Waals surface area contributed by atoms with Crippen LogP contribution < -0.4 is 0 Å². The summed E-state index contributed by atoms with van der Waals surface area (Å²) in [5, 5.41) is 0. The Hall–Kier alpha value is -0.860. The molecule has 1 aromatic rings. The van der Waals surface area contributed by atoms with E-state index >= 15 is 0 Å². The van der Waals surface area contributed by atoms with Gasteiger partial charge in [0.05, 0.1) is 6.61 Å². The van der Waals surface area contributed by atoms with E-state index in [0.29, 0.717) is 5.41 Å². The Bertz CT molecular complexity index is 474. The summed E-state index contributed by atoms with van der Waals surface area (Å²) in [5.74, 6) is 1.52. The zero-order chi connectivity index (χ0) is 14.8. The van der Waals surface area contributed by atoms with Crippen LogP contribution in [0, 0.1) is 11.3 Å². The van der Waals surface area contributed by atoms with Gasteiger partial charge in [0.25, 0.3) is 0 Å². The maximum absolute atomic E-state index is 5.59. The van der Waals surface area contributed by atoms with Crippen molar-refractivity contribution in [1.29, 1.82) is 0 Å². The third kappa shape index (κ3) is 2.83. The summed E-state index contributed by atoms with van der Waals surface area (Å²) in [6, 6.07) is 11.3. The molecule has 22 heavy (non-hydrogen) atoms. The van der Waals surface area contributed by atoms with E-state index in [1.165, 1.54) is 58.2 Å². The number of ether oxygens (including phenoxy) is 1. The van der Waals surface area contributed by atoms with Gasteiger partial charge in [-0.05, 0) is 36.2 Å². The number of benzene rings is 1. The van der Waals surface area contributed by atoms with Crippen molar-refractivity contribution in [3.05, 3.63) is 35.9 Å². The molecule has 4 rings (SSSR count). The molecule has 3 aliphatic rings. The van der Waals surface area contributed by atoms with Gasteiger partial charge >= 0.3 is 0 Å². The molecule has 120 valence electrons. The van der Waals surface area contributed by atoms with Crippen molar-refractivity contribution in [3.8, 4) is 0 Å². The fraction of sp³-hybridized carbons (Fsp3) is 0.700. The standard InChI is InChI=1S/C20H29NO/c1-3-7-18(8-4-1)19-14-21(13-17-9-12-22-15-17)16-20(19)10-5-2-6-11-20/h1,3-4,7-8,17,19H,2,5-6,9-16H2/t17-,19+/m1/s1. The van der Waals surface area contributed by atoms with E-state index in [0.717, 1.165) is 25.0 Å². The van der Waals surface area contributed by atoms with Crippen molar-refractivity contribution in [1.82, 2.24) is 4.90 Å². The van der Waals surface area contributed by atoms with E-state index in [1.54, 1.807) is 5.56 Å². The number of hydrogen-bond acceptors (Lipinski definition) is 2. The summed E-state index contributed by atoms with van der Waals surface area (Å²) in [4.78, 5) is 2.77. The fourth-order valence-electron chi connectivity index (χ4n) is 5.21. The summed E-state index contributed by atoms with van der Waals surface area (Å²) in [6.07, 6.45) is 8.45. The van der Waals surface area contributed by atoms with Crippen molar-refractivity contribution in [2.75, 3.05) is 32.8 Å². The van der Waals surface area contributed by atoms with Crippen LogP contribution in [0.4, 0.5) is 0 Å². The zero-order valence-corrected chi connectivity index (χ0v) is 13.7. The number of hydrogen-bond donors (Lipinski definition) is 0. The van der Waals surface area contributed by atoms with Gasteiger partial charge in [0.2, 0.25) is 0 Å². The fourth-order valence-corrected chi connectivity index (χ4v) is 5.21. The lowest BCUT2D eigenvalue weighted by molar-refractivity contribution is 0.152. The van der Waals surface area contributed by atoms with Gasteiger partial charge in [-0.25, -0.2) is 0 Å². The first-order valence-electron chi connectivity index (χ1n) is 9.21. The van der Waals surface area contributed by atoms with Gasteiger partial charge < -0.3 is 9.64 Å². The van der Waals surface area contributed by atoms with Crippen LogP contribution >= 0.6 is 0 Å². The van der Waals surface area contributed by atoms with Crippen LogP contribution in [-0.4, -0.2) is 37.7 Å². The Morgan fingerprint density at radius 3 is 2.64 bits per heavy atom. The molecule has 0 bridgehead atoms. The molecule has 0 radical (unpaired) electrons. The lowest BCUT2D eigenvalue weighted by Gasteiger charge is -2.38. The van der Waals surface area contributed by atoms with Crippen LogP contribution in [0.5, 0.6) is 0 Å². The van der Waals surface area contributed by atoms with E-state index in [2.05, 4.69) is 35.2 Å². The second-order valence-corrected chi connectivity index (χ2v) is 7.81. The molecule has 0 unspecified atom stereocenters. The topological polar surface area (TPSA) is 12.5 Å². The second kappa shape index (κ2) is 6.33. The van der Waals surface area contributed by atoms with Crippen molar-refractivity contribution in [2.24, 2.45) is 11.3 Å². The molecule has 0 N–H and O–H groups in total. The summed E-state index contributed by atoms with van der Waals surface area (Å²) in [7, 11) is 0. The highest BCUT2D eigenvalue weighted by Crippen LogP contribution is 2.52. The van der Waals surface area contributed by atoms with E-state index in [1.807, 2.05) is 0 Å². The first-order valence-corrected chi connectivity index (χ1v) is 9.21. The first-order chi connectivity index (χ1) is 10.9. The average Bonchev–Trinajstić information content (AvgIpc) is 3.18. The maximum Gasteiger partial charge on any atom is 0.0507 e. The van der Waals surface area contributed by atoms with Crippen molar-refractivity contribution in [3.63, 3.8) is 0 Å². The number of rotatable bonds is 3. The minimum absolute atomic E-state index is 0.555. The quantitative estimate of drug-likeness (QED) is 0.834. The summed E-state index contributed by atoms with van der Waals surface area (Å²) >= 11 is 0. The maximum atomic E-state index is 5.59. The Morgan fingerprint density at radius 2 is 1.91 bits per heavy atom. The largest absolute Gasteiger partial charge is 0.381 e. The first kappa shape index (κ1) is 14.7. The average molecular weight is 299 g/mol. The Kier molecular flexibility index (Phi) is 4.23. The summed E-state index contributed by atoms with van der Waals surface area (Å²) in [5.41, 5.74) is 2.13. The van der Waals surface area contributed by atoms with E-state index < -0.39 is 0 Å². The lowest BCUT2D eigenvalue weighted by Crippen LogP contribution is -2.33. The lowest BCUT2D eigenvalue weighted by atomic mass is 9.66. The molecule has 0 aromatic heterocycles. The predicted molar refractivity (Wildman–Crippen MR) is 90.1 cm³/mol. The molecule has 3 fully saturated rings. The normalized spacial score (nSPS) is 31.8. The van der Waals surface area contributed by atoms with Crippen LogP contribution in [0.2, 0.25) is 0 Å². The summed E-state index contributed by atoms with van der Waals surface area (Å²) in [6.45, 7) is 5.81. The molecule has 0 amide bonds. The third-order valence-electron chi connectivity index (χ3n) is 6.31. The Morgan fingerprint density at radius 1 is 1.09 bits per heavy atom. The van der Waals surface area contributed by atoms with Crippen LogP contribution in [0.3, 0.4) is 0 Å². The molecule has 2 heteroatoms. The van der Waals surface area contributed by atoms with Crippen molar-refractivity contribution >= 4 is 0 Å². The minimum Gasteiger partial charge on any atom is -0.381 e. The van der Waals surface area contributed by atoms with E-state index in [9.17, 15) is 0 Å². The second-order valence-electron chi connectivity index (χ2n) is 7.81. The van der Waals surface area contributed by atoms with Crippen LogP contribution in [-0.2, 0) is 4.74 Å². The highest BCUT2D eigenvalue weighted by Gasteiger charge is 2.47.